The Labute approximate surface area is 111 Å². The maximum absolute atomic E-state index is 12.5. The largest absolute Gasteiger partial charge is 0.480 e. The third kappa shape index (κ3) is 2.51. The molecule has 0 aromatic rings. The van der Waals surface area contributed by atoms with Crippen LogP contribution in [-0.4, -0.2) is 51.5 Å². The molecule has 0 saturated heterocycles. The molecule has 108 valence electrons. The van der Waals surface area contributed by atoms with Gasteiger partial charge in [0.25, 0.3) is 5.91 Å². The summed E-state index contributed by atoms with van der Waals surface area (Å²) in [6.45, 7) is 0.879. The molecule has 0 radical (unpaired) electrons. The summed E-state index contributed by atoms with van der Waals surface area (Å²) in [6.07, 6.45) is -1.82. The minimum absolute atomic E-state index is 0.0886. The van der Waals surface area contributed by atoms with Crippen molar-refractivity contribution in [3.8, 4) is 0 Å². The van der Waals surface area contributed by atoms with Crippen molar-refractivity contribution in [2.24, 2.45) is 5.10 Å². The van der Waals surface area contributed by atoms with Crippen molar-refractivity contribution in [1.29, 1.82) is 0 Å². The molecule has 1 N–H and O–H groups in total. The van der Waals surface area contributed by atoms with E-state index in [1.807, 2.05) is 0 Å². The molecule has 2 heterocycles. The van der Waals surface area contributed by atoms with Crippen molar-refractivity contribution in [2.75, 3.05) is 6.54 Å². The Kier molecular flexibility index (Phi) is 3.28. The van der Waals surface area contributed by atoms with E-state index in [-0.39, 0.29) is 12.4 Å². The number of hydrazone groups is 1. The predicted octanol–water partition coefficient (Wildman–Crippen LogP) is 0.933. The third-order valence-corrected chi connectivity index (χ3v) is 2.82. The van der Waals surface area contributed by atoms with Crippen LogP contribution in [0.25, 0.3) is 0 Å². The predicted molar refractivity (Wildman–Crippen MR) is 61.4 cm³/mol. The number of amidine groups is 1. The summed E-state index contributed by atoms with van der Waals surface area (Å²) < 4.78 is 37.6. The fourth-order valence-electron chi connectivity index (χ4n) is 1.71. The number of carboxylic acids is 1. The Hall–Kier alpha value is -2.32. The average Bonchev–Trinajstić information content (AvgIpc) is 2.35. The second-order valence-corrected chi connectivity index (χ2v) is 4.25. The van der Waals surface area contributed by atoms with Crippen LogP contribution < -0.4 is 0 Å². The van der Waals surface area contributed by atoms with Crippen LogP contribution in [0.5, 0.6) is 0 Å². The fourth-order valence-corrected chi connectivity index (χ4v) is 1.71. The van der Waals surface area contributed by atoms with Gasteiger partial charge in [0.2, 0.25) is 0 Å². The number of nitrogens with zero attached hydrogens (tertiary/aromatic N) is 3. The standard InChI is InChI=1S/C11H10F3N3O3/c1-6(10(19)20)17-9(18)5-16-4-7(11(12,13)14)2-3-8(16)15-17/h2-4,6H,5H2,1H3,(H,19,20). The smallest absolute Gasteiger partial charge is 0.417 e. The minimum Gasteiger partial charge on any atom is -0.480 e. The van der Waals surface area contributed by atoms with Crippen LogP contribution in [0.15, 0.2) is 29.0 Å². The first kappa shape index (κ1) is 14.1. The van der Waals surface area contributed by atoms with E-state index in [1.54, 1.807) is 0 Å². The molecule has 0 fully saturated rings. The molecule has 1 amide bonds. The Morgan fingerprint density at radius 1 is 1.45 bits per heavy atom. The number of hydrogen-bond donors (Lipinski definition) is 1. The molecular formula is C11H10F3N3O3. The van der Waals surface area contributed by atoms with Crippen LogP contribution in [0, 0.1) is 0 Å². The number of carbonyl (C=O) groups excluding carboxylic acids is 1. The van der Waals surface area contributed by atoms with Gasteiger partial charge < -0.3 is 10.0 Å². The SMILES string of the molecule is CC(C(=O)O)N1N=C2C=CC(C(F)(F)F)=CN2CC1=O. The molecule has 0 spiro atoms. The molecule has 0 bridgehead atoms. The number of alkyl halides is 3. The van der Waals surface area contributed by atoms with Crippen LogP contribution in [0.3, 0.4) is 0 Å². The first-order valence-electron chi connectivity index (χ1n) is 5.57. The average molecular weight is 289 g/mol. The summed E-state index contributed by atoms with van der Waals surface area (Å²) in [6, 6.07) is -1.18. The highest BCUT2D eigenvalue weighted by Crippen LogP contribution is 2.29. The number of hydrogen-bond acceptors (Lipinski definition) is 4. The molecule has 0 aliphatic carbocycles. The van der Waals surface area contributed by atoms with Crippen molar-refractivity contribution in [2.45, 2.75) is 19.1 Å². The molecule has 6 nitrogen and oxygen atoms in total. The van der Waals surface area contributed by atoms with Crippen molar-refractivity contribution in [3.05, 3.63) is 23.9 Å². The number of amides is 1. The van der Waals surface area contributed by atoms with Gasteiger partial charge in [-0.3, -0.25) is 4.79 Å². The molecule has 0 aromatic carbocycles. The lowest BCUT2D eigenvalue weighted by atomic mass is 10.1. The summed E-state index contributed by atoms with van der Waals surface area (Å²) in [5.74, 6) is -1.84. The van der Waals surface area contributed by atoms with E-state index in [9.17, 15) is 22.8 Å². The van der Waals surface area contributed by atoms with Gasteiger partial charge in [0, 0.05) is 6.20 Å². The number of carbonyl (C=O) groups is 2. The first-order valence-corrected chi connectivity index (χ1v) is 5.57. The molecule has 0 aromatic heterocycles. The van der Waals surface area contributed by atoms with E-state index in [0.29, 0.717) is 0 Å². The van der Waals surface area contributed by atoms with Gasteiger partial charge in [0.1, 0.15) is 12.6 Å². The highest BCUT2D eigenvalue weighted by molar-refractivity contribution is 6.01. The maximum atomic E-state index is 12.5. The lowest BCUT2D eigenvalue weighted by molar-refractivity contribution is -0.150. The summed E-state index contributed by atoms with van der Waals surface area (Å²) in [5, 5.41) is 13.4. The quantitative estimate of drug-likeness (QED) is 0.821. The zero-order valence-electron chi connectivity index (χ0n) is 10.3. The number of aliphatic carboxylic acids is 1. The van der Waals surface area contributed by atoms with Crippen molar-refractivity contribution < 1.29 is 27.9 Å². The second-order valence-electron chi connectivity index (χ2n) is 4.25. The summed E-state index contributed by atoms with van der Waals surface area (Å²) in [4.78, 5) is 23.6. The molecule has 1 unspecified atom stereocenters. The van der Waals surface area contributed by atoms with Gasteiger partial charge in [-0.15, -0.1) is 0 Å². The van der Waals surface area contributed by atoms with Crippen molar-refractivity contribution in [1.82, 2.24) is 9.91 Å². The summed E-state index contributed by atoms with van der Waals surface area (Å²) in [5.41, 5.74) is -0.899. The number of rotatable bonds is 2. The van der Waals surface area contributed by atoms with Crippen molar-refractivity contribution >= 4 is 17.7 Å². The van der Waals surface area contributed by atoms with Gasteiger partial charge in [-0.1, -0.05) is 0 Å². The second kappa shape index (κ2) is 4.66. The van der Waals surface area contributed by atoms with Crippen LogP contribution in [0.1, 0.15) is 6.92 Å². The molecule has 9 heteroatoms. The van der Waals surface area contributed by atoms with Gasteiger partial charge in [-0.2, -0.15) is 18.3 Å². The third-order valence-electron chi connectivity index (χ3n) is 2.82. The van der Waals surface area contributed by atoms with Gasteiger partial charge in [0.05, 0.1) is 5.57 Å². The summed E-state index contributed by atoms with van der Waals surface area (Å²) >= 11 is 0. The zero-order chi connectivity index (χ0) is 15.1. The van der Waals surface area contributed by atoms with E-state index in [0.717, 1.165) is 28.3 Å². The van der Waals surface area contributed by atoms with E-state index < -0.39 is 29.7 Å². The van der Waals surface area contributed by atoms with E-state index >= 15 is 0 Å². The molecule has 0 saturated carbocycles. The Morgan fingerprint density at radius 3 is 2.65 bits per heavy atom. The molecule has 20 heavy (non-hydrogen) atoms. The minimum atomic E-state index is -4.52. The zero-order valence-corrected chi connectivity index (χ0v) is 10.3. The van der Waals surface area contributed by atoms with Crippen LogP contribution in [0.4, 0.5) is 13.2 Å². The molecule has 2 rings (SSSR count). The van der Waals surface area contributed by atoms with Crippen LogP contribution >= 0.6 is 0 Å². The number of halogens is 3. The summed E-state index contributed by atoms with van der Waals surface area (Å²) in [7, 11) is 0. The number of allylic oxidation sites excluding steroid dienone is 2. The first-order chi connectivity index (χ1) is 9.20. The fraction of sp³-hybridized carbons (Fsp3) is 0.364. The highest BCUT2D eigenvalue weighted by Gasteiger charge is 2.37. The maximum Gasteiger partial charge on any atom is 0.417 e. The lowest BCUT2D eigenvalue weighted by Gasteiger charge is -2.33. The van der Waals surface area contributed by atoms with Gasteiger partial charge >= 0.3 is 12.1 Å². The van der Waals surface area contributed by atoms with Gasteiger partial charge in [-0.05, 0) is 19.1 Å². The molecule has 1 atom stereocenters. The number of carboxylic acid groups (broad SMARTS) is 1. The molecule has 2 aliphatic rings. The Balaban J connectivity index is 2.30. The highest BCUT2D eigenvalue weighted by atomic mass is 19.4. The van der Waals surface area contributed by atoms with E-state index in [4.69, 9.17) is 5.11 Å². The number of fused-ring (bicyclic) bond motifs is 1. The normalized spacial score (nSPS) is 20.3. The Bertz CT molecular complexity index is 551. The monoisotopic (exact) mass is 289 g/mol. The van der Waals surface area contributed by atoms with Crippen LogP contribution in [-0.2, 0) is 9.59 Å². The van der Waals surface area contributed by atoms with E-state index in [2.05, 4.69) is 5.10 Å². The molecular weight excluding hydrogens is 279 g/mol. The van der Waals surface area contributed by atoms with Gasteiger partial charge in [0.15, 0.2) is 5.84 Å². The van der Waals surface area contributed by atoms with Crippen molar-refractivity contribution in [3.63, 3.8) is 0 Å². The Morgan fingerprint density at radius 2 is 2.10 bits per heavy atom. The topological polar surface area (TPSA) is 73.2 Å². The lowest BCUT2D eigenvalue weighted by Crippen LogP contribution is -2.50. The van der Waals surface area contributed by atoms with Gasteiger partial charge in [-0.25, -0.2) is 9.80 Å². The van der Waals surface area contributed by atoms with Crippen LogP contribution in [0.2, 0.25) is 0 Å². The molecule has 2 aliphatic heterocycles. The van der Waals surface area contributed by atoms with E-state index in [1.165, 1.54) is 6.92 Å².